The Balaban J connectivity index is 3.11. The summed E-state index contributed by atoms with van der Waals surface area (Å²) in [6.45, 7) is 26.3. The third kappa shape index (κ3) is 8.24. The van der Waals surface area contributed by atoms with Gasteiger partial charge in [0.15, 0.2) is 0 Å². The molecule has 1 rings (SSSR count). The van der Waals surface area contributed by atoms with Crippen LogP contribution >= 0.6 is 0 Å². The minimum absolute atomic E-state index is 0.307. The van der Waals surface area contributed by atoms with Gasteiger partial charge in [0, 0.05) is 12.0 Å². The van der Waals surface area contributed by atoms with Crippen molar-refractivity contribution >= 4 is 5.97 Å². The molecule has 0 heterocycles. The highest BCUT2D eigenvalue weighted by atomic mass is 16.5. The maximum Gasteiger partial charge on any atom is 0.333 e. The van der Waals surface area contributed by atoms with Gasteiger partial charge in [0.1, 0.15) is 0 Å². The molecule has 0 aromatic carbocycles. The molecule has 2 heteroatoms. The highest BCUT2D eigenvalue weighted by molar-refractivity contribution is 5.86. The minimum Gasteiger partial charge on any atom is -0.462 e. The Morgan fingerprint density at radius 1 is 0.933 bits per heavy atom. The number of esters is 1. The molecule has 0 aromatic rings. The molecule has 2 nitrogen and oxygen atoms in total. The summed E-state index contributed by atoms with van der Waals surface area (Å²) < 4.78 is 5.33. The zero-order chi connectivity index (χ0) is 22.7. The molecule has 0 fully saturated rings. The number of carbonyl (C=O) groups excluding carboxylic acids is 1. The smallest absolute Gasteiger partial charge is 0.333 e. The van der Waals surface area contributed by atoms with Crippen molar-refractivity contribution in [3.8, 4) is 0 Å². The van der Waals surface area contributed by atoms with Crippen LogP contribution in [-0.2, 0) is 9.53 Å². The van der Waals surface area contributed by atoms with Crippen LogP contribution in [0.3, 0.4) is 0 Å². The van der Waals surface area contributed by atoms with Crippen molar-refractivity contribution in [1.82, 2.24) is 0 Å². The molecule has 0 aromatic heterocycles. The standard InChI is InChI=1S/C28H36O2/c1-9-21(5)11-13-23(7)25-15-16-27(24(8)14-12-22(6)10-2)26(19-25)17-18-30-28(29)20(3)4/h11-14,19H,3,5-10,15-18H2,1-2,4H3/b13-11-,14-12-. The first-order valence-corrected chi connectivity index (χ1v) is 10.5. The van der Waals surface area contributed by atoms with E-state index in [1.807, 2.05) is 24.3 Å². The molecular formula is C28H36O2. The third-order valence-corrected chi connectivity index (χ3v) is 5.08. The average Bonchev–Trinajstić information content (AvgIpc) is 2.74. The van der Waals surface area contributed by atoms with E-state index in [2.05, 4.69) is 52.8 Å². The van der Waals surface area contributed by atoms with Crippen LogP contribution < -0.4 is 0 Å². The minimum atomic E-state index is -0.361. The normalized spacial score (nSPS) is 14.0. The molecule has 0 saturated carbocycles. The van der Waals surface area contributed by atoms with Gasteiger partial charge in [-0.1, -0.05) is 88.3 Å². The van der Waals surface area contributed by atoms with Crippen LogP contribution in [0.25, 0.3) is 0 Å². The fourth-order valence-electron chi connectivity index (χ4n) is 2.89. The van der Waals surface area contributed by atoms with E-state index < -0.39 is 0 Å². The van der Waals surface area contributed by atoms with E-state index in [-0.39, 0.29) is 5.97 Å². The molecule has 0 atom stereocenters. The Morgan fingerprint density at radius 3 is 2.03 bits per heavy atom. The van der Waals surface area contributed by atoms with Gasteiger partial charge in [-0.2, -0.15) is 0 Å². The van der Waals surface area contributed by atoms with Crippen LogP contribution in [0.5, 0.6) is 0 Å². The lowest BCUT2D eigenvalue weighted by Gasteiger charge is -2.22. The molecule has 0 amide bonds. The van der Waals surface area contributed by atoms with Gasteiger partial charge in [-0.05, 0) is 60.5 Å². The molecule has 30 heavy (non-hydrogen) atoms. The largest absolute Gasteiger partial charge is 0.462 e. The molecule has 0 radical (unpaired) electrons. The van der Waals surface area contributed by atoms with Gasteiger partial charge < -0.3 is 4.74 Å². The molecule has 1 aliphatic carbocycles. The summed E-state index contributed by atoms with van der Waals surface area (Å²) >= 11 is 0. The number of ether oxygens (including phenoxy) is 1. The molecular weight excluding hydrogens is 368 g/mol. The van der Waals surface area contributed by atoms with Gasteiger partial charge in [-0.15, -0.1) is 0 Å². The second-order valence-corrected chi connectivity index (χ2v) is 7.58. The Hall–Kier alpha value is -2.87. The quantitative estimate of drug-likeness (QED) is 0.189. The van der Waals surface area contributed by atoms with E-state index in [1.165, 1.54) is 11.1 Å². The molecule has 0 bridgehead atoms. The van der Waals surface area contributed by atoms with Crippen LogP contribution in [0.4, 0.5) is 0 Å². The van der Waals surface area contributed by atoms with Gasteiger partial charge in [-0.3, -0.25) is 0 Å². The lowest BCUT2D eigenvalue weighted by molar-refractivity contribution is -0.138. The fourth-order valence-corrected chi connectivity index (χ4v) is 2.89. The van der Waals surface area contributed by atoms with Crippen molar-refractivity contribution in [3.63, 3.8) is 0 Å². The summed E-state index contributed by atoms with van der Waals surface area (Å²) in [6, 6.07) is 0. The van der Waals surface area contributed by atoms with E-state index in [4.69, 9.17) is 4.74 Å². The summed E-state index contributed by atoms with van der Waals surface area (Å²) in [7, 11) is 0. The van der Waals surface area contributed by atoms with Crippen LogP contribution in [-0.4, -0.2) is 12.6 Å². The maximum absolute atomic E-state index is 11.7. The Bertz CT molecular complexity index is 853. The van der Waals surface area contributed by atoms with Crippen molar-refractivity contribution in [3.05, 3.63) is 108 Å². The molecule has 160 valence electrons. The second kappa shape index (κ2) is 12.6. The van der Waals surface area contributed by atoms with Gasteiger partial charge in [0.2, 0.25) is 0 Å². The number of allylic oxidation sites excluding steroid dienone is 11. The first-order valence-electron chi connectivity index (χ1n) is 10.5. The number of hydrogen-bond acceptors (Lipinski definition) is 2. The first-order chi connectivity index (χ1) is 14.2. The molecule has 1 aliphatic rings. The van der Waals surface area contributed by atoms with Crippen molar-refractivity contribution in [2.75, 3.05) is 6.61 Å². The summed E-state index contributed by atoms with van der Waals surface area (Å²) in [6.07, 6.45) is 14.5. The molecule has 0 aliphatic heterocycles. The van der Waals surface area contributed by atoms with Crippen LogP contribution in [0.15, 0.2) is 108 Å². The van der Waals surface area contributed by atoms with Gasteiger partial charge in [0.25, 0.3) is 0 Å². The second-order valence-electron chi connectivity index (χ2n) is 7.58. The predicted molar refractivity (Wildman–Crippen MR) is 130 cm³/mol. The SMILES string of the molecule is C=C(/C=C\C(=C)C1=CC(CCOC(=O)C(=C)C)=C(C(=C)/C=C\C(=C)CC)CC1)CC. The predicted octanol–water partition coefficient (Wildman–Crippen LogP) is 7.67. The number of carbonyl (C=O) groups is 1. The van der Waals surface area contributed by atoms with Crippen molar-refractivity contribution in [2.24, 2.45) is 0 Å². The molecule has 0 unspecified atom stereocenters. The zero-order valence-electron chi connectivity index (χ0n) is 19.0. The van der Waals surface area contributed by atoms with Gasteiger partial charge >= 0.3 is 5.97 Å². The Labute approximate surface area is 183 Å². The van der Waals surface area contributed by atoms with Crippen molar-refractivity contribution in [1.29, 1.82) is 0 Å². The summed E-state index contributed by atoms with van der Waals surface area (Å²) in [5, 5.41) is 0. The van der Waals surface area contributed by atoms with Gasteiger partial charge in [0.05, 0.1) is 6.61 Å². The van der Waals surface area contributed by atoms with E-state index in [1.54, 1.807) is 6.92 Å². The Morgan fingerprint density at radius 2 is 1.50 bits per heavy atom. The fraction of sp³-hybridized carbons (Fsp3) is 0.321. The van der Waals surface area contributed by atoms with E-state index in [9.17, 15) is 4.79 Å². The summed E-state index contributed by atoms with van der Waals surface area (Å²) in [4.78, 5) is 11.7. The van der Waals surface area contributed by atoms with E-state index in [0.717, 1.165) is 53.5 Å². The third-order valence-electron chi connectivity index (χ3n) is 5.08. The van der Waals surface area contributed by atoms with Crippen LogP contribution in [0.1, 0.15) is 52.9 Å². The zero-order valence-corrected chi connectivity index (χ0v) is 19.0. The van der Waals surface area contributed by atoms with Crippen LogP contribution in [0.2, 0.25) is 0 Å². The molecule has 0 saturated heterocycles. The molecule has 0 spiro atoms. The lowest BCUT2D eigenvalue weighted by Crippen LogP contribution is -2.09. The van der Waals surface area contributed by atoms with Gasteiger partial charge in [-0.25, -0.2) is 4.79 Å². The van der Waals surface area contributed by atoms with Crippen molar-refractivity contribution < 1.29 is 9.53 Å². The van der Waals surface area contributed by atoms with E-state index in [0.29, 0.717) is 18.6 Å². The van der Waals surface area contributed by atoms with Crippen LogP contribution in [0, 0.1) is 0 Å². The first kappa shape index (κ1) is 25.2. The lowest BCUT2D eigenvalue weighted by atomic mass is 9.84. The molecule has 0 N–H and O–H groups in total. The maximum atomic E-state index is 11.7. The Kier molecular flexibility index (Phi) is 10.6. The average molecular weight is 405 g/mol. The van der Waals surface area contributed by atoms with E-state index >= 15 is 0 Å². The number of rotatable bonds is 12. The monoisotopic (exact) mass is 404 g/mol. The summed E-state index contributed by atoms with van der Waals surface area (Å²) in [5.41, 5.74) is 8.02. The highest BCUT2D eigenvalue weighted by Crippen LogP contribution is 2.34. The highest BCUT2D eigenvalue weighted by Gasteiger charge is 2.16. The summed E-state index contributed by atoms with van der Waals surface area (Å²) in [5.74, 6) is -0.361. The number of hydrogen-bond donors (Lipinski definition) is 0. The topological polar surface area (TPSA) is 26.3 Å². The van der Waals surface area contributed by atoms with Crippen molar-refractivity contribution in [2.45, 2.75) is 52.9 Å².